The van der Waals surface area contributed by atoms with Crippen molar-refractivity contribution >= 4 is 29.6 Å². The van der Waals surface area contributed by atoms with Gasteiger partial charge in [0.1, 0.15) is 12.2 Å². The lowest BCUT2D eigenvalue weighted by Gasteiger charge is -2.12. The van der Waals surface area contributed by atoms with Crippen LogP contribution in [0.3, 0.4) is 0 Å². The van der Waals surface area contributed by atoms with Crippen molar-refractivity contribution in [2.45, 2.75) is 13.8 Å². The van der Waals surface area contributed by atoms with Gasteiger partial charge in [0, 0.05) is 23.3 Å². The van der Waals surface area contributed by atoms with E-state index in [2.05, 4.69) is 10.6 Å². The number of urea groups is 1. The SMILES string of the molecule is Cc1cccc(NC(=O)CN2C(=O)N/C(=C/c3cc(C)n(-c4ccccc4)c3)C2=O)c1. The first-order chi connectivity index (χ1) is 14.9. The third kappa shape index (κ3) is 4.40. The molecule has 0 unspecified atom stereocenters. The Kier molecular flexibility index (Phi) is 5.41. The van der Waals surface area contributed by atoms with Crippen LogP contribution in [0.25, 0.3) is 11.8 Å². The third-order valence-electron chi connectivity index (χ3n) is 4.94. The summed E-state index contributed by atoms with van der Waals surface area (Å²) in [4.78, 5) is 38.2. The molecular weight excluding hydrogens is 392 g/mol. The summed E-state index contributed by atoms with van der Waals surface area (Å²) in [7, 11) is 0. The zero-order valence-corrected chi connectivity index (χ0v) is 17.3. The van der Waals surface area contributed by atoms with Gasteiger partial charge >= 0.3 is 6.03 Å². The van der Waals surface area contributed by atoms with Gasteiger partial charge in [-0.25, -0.2) is 9.69 Å². The van der Waals surface area contributed by atoms with Gasteiger partial charge in [0.25, 0.3) is 5.91 Å². The summed E-state index contributed by atoms with van der Waals surface area (Å²) in [5, 5.41) is 5.27. The maximum absolute atomic E-state index is 12.7. The van der Waals surface area contributed by atoms with Crippen LogP contribution in [-0.4, -0.2) is 33.9 Å². The lowest BCUT2D eigenvalue weighted by Crippen LogP contribution is -2.38. The number of para-hydroxylation sites is 1. The molecule has 0 saturated carbocycles. The van der Waals surface area contributed by atoms with Crippen molar-refractivity contribution in [3.63, 3.8) is 0 Å². The molecule has 0 radical (unpaired) electrons. The molecule has 3 aromatic rings. The Morgan fingerprint density at radius 1 is 1.03 bits per heavy atom. The number of carbonyl (C=O) groups excluding carboxylic acids is 3. The van der Waals surface area contributed by atoms with Gasteiger partial charge in [0.05, 0.1) is 0 Å². The largest absolute Gasteiger partial charge is 0.329 e. The molecule has 1 aliphatic heterocycles. The van der Waals surface area contributed by atoms with Gasteiger partial charge in [-0.15, -0.1) is 0 Å². The molecule has 7 heteroatoms. The van der Waals surface area contributed by atoms with Crippen LogP contribution in [0.5, 0.6) is 0 Å². The molecule has 7 nitrogen and oxygen atoms in total. The topological polar surface area (TPSA) is 83.4 Å². The molecule has 1 aliphatic rings. The van der Waals surface area contributed by atoms with Crippen LogP contribution in [0.2, 0.25) is 0 Å². The normalized spacial score (nSPS) is 14.8. The number of hydrogen-bond acceptors (Lipinski definition) is 3. The van der Waals surface area contributed by atoms with Crippen LogP contribution >= 0.6 is 0 Å². The molecule has 0 spiro atoms. The Morgan fingerprint density at radius 3 is 2.55 bits per heavy atom. The van der Waals surface area contributed by atoms with Crippen molar-refractivity contribution in [2.75, 3.05) is 11.9 Å². The van der Waals surface area contributed by atoms with Gasteiger partial charge in [0.15, 0.2) is 0 Å². The lowest BCUT2D eigenvalue weighted by molar-refractivity contribution is -0.127. The second-order valence-electron chi connectivity index (χ2n) is 7.42. The summed E-state index contributed by atoms with van der Waals surface area (Å²) in [6.07, 6.45) is 3.51. The maximum Gasteiger partial charge on any atom is 0.329 e. The zero-order chi connectivity index (χ0) is 22.0. The fourth-order valence-electron chi connectivity index (χ4n) is 3.49. The van der Waals surface area contributed by atoms with Crippen molar-refractivity contribution in [3.8, 4) is 5.69 Å². The van der Waals surface area contributed by atoms with Crippen LogP contribution in [0.1, 0.15) is 16.8 Å². The molecule has 2 aromatic carbocycles. The average molecular weight is 414 g/mol. The van der Waals surface area contributed by atoms with Gasteiger partial charge in [-0.1, -0.05) is 30.3 Å². The number of nitrogens with one attached hydrogen (secondary N) is 2. The number of aryl methyl sites for hydroxylation is 2. The number of rotatable bonds is 5. The molecule has 31 heavy (non-hydrogen) atoms. The molecule has 0 atom stereocenters. The quantitative estimate of drug-likeness (QED) is 0.494. The minimum Gasteiger partial charge on any atom is -0.325 e. The smallest absolute Gasteiger partial charge is 0.325 e. The average Bonchev–Trinajstić information content (AvgIpc) is 3.23. The third-order valence-corrected chi connectivity index (χ3v) is 4.94. The fraction of sp³-hybridized carbons (Fsp3) is 0.125. The van der Waals surface area contributed by atoms with E-state index in [9.17, 15) is 14.4 Å². The highest BCUT2D eigenvalue weighted by molar-refractivity contribution is 6.15. The molecule has 1 saturated heterocycles. The van der Waals surface area contributed by atoms with Crippen molar-refractivity contribution in [2.24, 2.45) is 0 Å². The molecule has 0 aliphatic carbocycles. The summed E-state index contributed by atoms with van der Waals surface area (Å²) >= 11 is 0. The van der Waals surface area contributed by atoms with E-state index in [-0.39, 0.29) is 12.2 Å². The standard InChI is InChI=1S/C24H22N4O3/c1-16-7-6-8-19(11-16)25-22(29)15-28-23(30)21(26-24(28)31)13-18-12-17(2)27(14-18)20-9-4-3-5-10-20/h3-14H,15H2,1-2H3,(H,25,29)(H,26,31)/b21-13+. The Hall–Kier alpha value is -4.13. The number of aromatic nitrogens is 1. The highest BCUT2D eigenvalue weighted by Crippen LogP contribution is 2.19. The summed E-state index contributed by atoms with van der Waals surface area (Å²) in [5.41, 5.74) is 4.51. The van der Waals surface area contributed by atoms with Gasteiger partial charge in [0.2, 0.25) is 5.91 Å². The predicted octanol–water partition coefficient (Wildman–Crippen LogP) is 3.63. The number of amides is 4. The van der Waals surface area contributed by atoms with Crippen LogP contribution in [-0.2, 0) is 9.59 Å². The van der Waals surface area contributed by atoms with E-state index in [1.807, 2.05) is 79.2 Å². The monoisotopic (exact) mass is 414 g/mol. The first-order valence-corrected chi connectivity index (χ1v) is 9.86. The fourth-order valence-corrected chi connectivity index (χ4v) is 3.49. The molecule has 2 N–H and O–H groups in total. The number of carbonyl (C=O) groups is 3. The van der Waals surface area contributed by atoms with Crippen LogP contribution in [0.15, 0.2) is 72.6 Å². The number of hydrogen-bond donors (Lipinski definition) is 2. The van der Waals surface area contributed by atoms with E-state index in [0.29, 0.717) is 5.69 Å². The Bertz CT molecular complexity index is 1190. The maximum atomic E-state index is 12.7. The number of imide groups is 1. The number of nitrogens with zero attached hydrogens (tertiary/aromatic N) is 2. The number of anilines is 1. The molecule has 4 amide bonds. The Labute approximate surface area is 180 Å². The molecule has 0 bridgehead atoms. The van der Waals surface area contributed by atoms with E-state index in [4.69, 9.17) is 0 Å². The van der Waals surface area contributed by atoms with Gasteiger partial charge in [-0.2, -0.15) is 0 Å². The first-order valence-electron chi connectivity index (χ1n) is 9.86. The molecule has 1 fully saturated rings. The Balaban J connectivity index is 1.48. The molecule has 1 aromatic heterocycles. The molecular formula is C24H22N4O3. The van der Waals surface area contributed by atoms with Gasteiger partial charge < -0.3 is 15.2 Å². The van der Waals surface area contributed by atoms with Gasteiger partial charge in [-0.3, -0.25) is 9.59 Å². The molecule has 156 valence electrons. The molecule has 4 rings (SSSR count). The summed E-state index contributed by atoms with van der Waals surface area (Å²) in [6, 6.07) is 18.4. The minimum atomic E-state index is -0.616. The van der Waals surface area contributed by atoms with Crippen LogP contribution in [0, 0.1) is 13.8 Å². The van der Waals surface area contributed by atoms with Crippen molar-refractivity contribution in [1.29, 1.82) is 0 Å². The Morgan fingerprint density at radius 2 is 1.81 bits per heavy atom. The van der Waals surface area contributed by atoms with Crippen molar-refractivity contribution in [3.05, 3.63) is 89.4 Å². The predicted molar refractivity (Wildman–Crippen MR) is 119 cm³/mol. The summed E-state index contributed by atoms with van der Waals surface area (Å²) in [6.45, 7) is 3.52. The van der Waals surface area contributed by atoms with E-state index < -0.39 is 17.8 Å². The minimum absolute atomic E-state index is 0.138. The summed E-state index contributed by atoms with van der Waals surface area (Å²) < 4.78 is 2.00. The van der Waals surface area contributed by atoms with Gasteiger partial charge in [-0.05, 0) is 61.4 Å². The van der Waals surface area contributed by atoms with E-state index in [0.717, 1.165) is 27.4 Å². The second-order valence-corrected chi connectivity index (χ2v) is 7.42. The van der Waals surface area contributed by atoms with Crippen LogP contribution < -0.4 is 10.6 Å². The highest BCUT2D eigenvalue weighted by Gasteiger charge is 2.35. The van der Waals surface area contributed by atoms with Crippen molar-refractivity contribution < 1.29 is 14.4 Å². The summed E-state index contributed by atoms with van der Waals surface area (Å²) in [5.74, 6) is -0.976. The second kappa shape index (κ2) is 8.31. The number of benzene rings is 2. The van der Waals surface area contributed by atoms with Crippen LogP contribution in [0.4, 0.5) is 10.5 Å². The van der Waals surface area contributed by atoms with E-state index in [1.165, 1.54) is 0 Å². The first kappa shape index (κ1) is 20.2. The highest BCUT2D eigenvalue weighted by atomic mass is 16.2. The zero-order valence-electron chi connectivity index (χ0n) is 17.3. The van der Waals surface area contributed by atoms with E-state index >= 15 is 0 Å². The van der Waals surface area contributed by atoms with Crippen molar-refractivity contribution in [1.82, 2.24) is 14.8 Å². The molecule has 2 heterocycles. The lowest BCUT2D eigenvalue weighted by atomic mass is 10.2. The van der Waals surface area contributed by atoms with E-state index in [1.54, 1.807) is 12.1 Å².